The van der Waals surface area contributed by atoms with Crippen molar-refractivity contribution in [3.63, 3.8) is 0 Å². The van der Waals surface area contributed by atoms with Crippen molar-refractivity contribution in [3.05, 3.63) is 80.5 Å². The smallest absolute Gasteiger partial charge is 0.289 e. The first-order valence-electron chi connectivity index (χ1n) is 8.04. The largest absolute Gasteiger partial charge is 0.406 e. The van der Waals surface area contributed by atoms with Crippen molar-refractivity contribution in [2.24, 2.45) is 0 Å². The summed E-state index contributed by atoms with van der Waals surface area (Å²) in [5, 5.41) is 8.62. The third kappa shape index (κ3) is 3.81. The lowest BCUT2D eigenvalue weighted by Crippen LogP contribution is -2.43. The SMILES string of the molecule is O=C(NO)c1ccc(Cn2c(=O)n(CC(F)(F)F)c(=O)c3ccccc32)cc1. The Morgan fingerprint density at radius 1 is 1.00 bits per heavy atom. The van der Waals surface area contributed by atoms with E-state index in [4.69, 9.17) is 5.21 Å². The highest BCUT2D eigenvalue weighted by atomic mass is 19.4. The number of benzene rings is 2. The fourth-order valence-corrected chi connectivity index (χ4v) is 2.85. The molecule has 1 heterocycles. The Bertz CT molecular complexity index is 1150. The number of carbonyl (C=O) groups is 1. The number of nitrogens with zero attached hydrogens (tertiary/aromatic N) is 2. The maximum Gasteiger partial charge on any atom is 0.406 e. The summed E-state index contributed by atoms with van der Waals surface area (Å²) in [7, 11) is 0. The Kier molecular flexibility index (Phi) is 5.06. The van der Waals surface area contributed by atoms with Crippen molar-refractivity contribution in [2.45, 2.75) is 19.3 Å². The van der Waals surface area contributed by atoms with Crippen LogP contribution in [0.1, 0.15) is 15.9 Å². The molecule has 2 N–H and O–H groups in total. The van der Waals surface area contributed by atoms with Gasteiger partial charge in [-0.25, -0.2) is 10.3 Å². The monoisotopic (exact) mass is 393 g/mol. The van der Waals surface area contributed by atoms with Crippen LogP contribution >= 0.6 is 0 Å². The van der Waals surface area contributed by atoms with Crippen molar-refractivity contribution in [1.82, 2.24) is 14.6 Å². The van der Waals surface area contributed by atoms with Gasteiger partial charge in [-0.1, -0.05) is 24.3 Å². The molecule has 0 saturated carbocycles. The quantitative estimate of drug-likeness (QED) is 0.523. The number of rotatable bonds is 4. The highest BCUT2D eigenvalue weighted by Crippen LogP contribution is 2.17. The maximum atomic E-state index is 12.8. The van der Waals surface area contributed by atoms with Crippen LogP contribution in [0.3, 0.4) is 0 Å². The summed E-state index contributed by atoms with van der Waals surface area (Å²) >= 11 is 0. The summed E-state index contributed by atoms with van der Waals surface area (Å²) < 4.78 is 39.8. The van der Waals surface area contributed by atoms with Gasteiger partial charge in [0, 0.05) is 5.56 Å². The molecule has 0 unspecified atom stereocenters. The number of hydrogen-bond donors (Lipinski definition) is 2. The van der Waals surface area contributed by atoms with E-state index >= 15 is 0 Å². The Hall–Kier alpha value is -3.40. The number of halogens is 3. The van der Waals surface area contributed by atoms with Gasteiger partial charge in [-0.3, -0.25) is 23.9 Å². The maximum absolute atomic E-state index is 12.8. The number of aromatic nitrogens is 2. The molecule has 0 aliphatic heterocycles. The highest BCUT2D eigenvalue weighted by molar-refractivity contribution is 5.93. The number of alkyl halides is 3. The molecule has 0 aliphatic rings. The molecule has 2 aromatic carbocycles. The molecule has 28 heavy (non-hydrogen) atoms. The van der Waals surface area contributed by atoms with Crippen LogP contribution in [0.5, 0.6) is 0 Å². The molecule has 1 amide bonds. The molecular weight excluding hydrogens is 379 g/mol. The number of hydroxylamine groups is 1. The summed E-state index contributed by atoms with van der Waals surface area (Å²) in [6, 6.07) is 11.7. The van der Waals surface area contributed by atoms with Gasteiger partial charge in [0.15, 0.2) is 0 Å². The van der Waals surface area contributed by atoms with E-state index in [1.807, 2.05) is 0 Å². The van der Waals surface area contributed by atoms with E-state index < -0.39 is 29.9 Å². The zero-order valence-electron chi connectivity index (χ0n) is 14.2. The van der Waals surface area contributed by atoms with Gasteiger partial charge in [0.2, 0.25) is 0 Å². The Morgan fingerprint density at radius 3 is 2.25 bits per heavy atom. The molecule has 0 saturated heterocycles. The second-order valence-corrected chi connectivity index (χ2v) is 6.03. The van der Waals surface area contributed by atoms with Gasteiger partial charge in [0.05, 0.1) is 17.4 Å². The molecule has 0 fully saturated rings. The predicted molar refractivity (Wildman–Crippen MR) is 93.3 cm³/mol. The average Bonchev–Trinajstić information content (AvgIpc) is 2.67. The Morgan fingerprint density at radius 2 is 1.64 bits per heavy atom. The molecule has 3 aromatic rings. The van der Waals surface area contributed by atoms with Gasteiger partial charge in [-0.05, 0) is 29.8 Å². The van der Waals surface area contributed by atoms with Gasteiger partial charge >= 0.3 is 11.9 Å². The molecule has 146 valence electrons. The molecule has 7 nitrogen and oxygen atoms in total. The zero-order valence-corrected chi connectivity index (χ0v) is 14.2. The summed E-state index contributed by atoms with van der Waals surface area (Å²) in [4.78, 5) is 36.4. The Balaban J connectivity index is 2.13. The van der Waals surface area contributed by atoms with Crippen molar-refractivity contribution in [2.75, 3.05) is 0 Å². The zero-order chi connectivity index (χ0) is 20.5. The third-order valence-corrected chi connectivity index (χ3v) is 4.13. The van der Waals surface area contributed by atoms with Crippen molar-refractivity contribution >= 4 is 16.8 Å². The van der Waals surface area contributed by atoms with E-state index in [0.717, 1.165) is 4.57 Å². The molecule has 0 atom stereocenters. The van der Waals surface area contributed by atoms with Crippen LogP contribution in [0, 0.1) is 0 Å². The van der Waals surface area contributed by atoms with Crippen LogP contribution in [-0.2, 0) is 13.1 Å². The summed E-state index contributed by atoms with van der Waals surface area (Å²) in [6.07, 6.45) is -4.73. The second-order valence-electron chi connectivity index (χ2n) is 6.03. The van der Waals surface area contributed by atoms with E-state index in [2.05, 4.69) is 0 Å². The lowest BCUT2D eigenvalue weighted by molar-refractivity contribution is -0.141. The second kappa shape index (κ2) is 7.31. The number of nitrogens with one attached hydrogen (secondary N) is 1. The van der Waals surface area contributed by atoms with Gasteiger partial charge < -0.3 is 0 Å². The van der Waals surface area contributed by atoms with E-state index in [-0.39, 0.29) is 27.6 Å². The fraction of sp³-hybridized carbons (Fsp3) is 0.167. The highest BCUT2D eigenvalue weighted by Gasteiger charge is 2.30. The van der Waals surface area contributed by atoms with Gasteiger partial charge in [-0.15, -0.1) is 0 Å². The van der Waals surface area contributed by atoms with Crippen LogP contribution in [-0.4, -0.2) is 26.4 Å². The summed E-state index contributed by atoms with van der Waals surface area (Å²) in [5.74, 6) is -0.729. The first-order valence-corrected chi connectivity index (χ1v) is 8.04. The van der Waals surface area contributed by atoms with Crippen LogP contribution in [0.2, 0.25) is 0 Å². The molecule has 0 aliphatic carbocycles. The van der Waals surface area contributed by atoms with Crippen LogP contribution < -0.4 is 16.7 Å². The van der Waals surface area contributed by atoms with Crippen molar-refractivity contribution in [1.29, 1.82) is 0 Å². The average molecular weight is 393 g/mol. The lowest BCUT2D eigenvalue weighted by Gasteiger charge is -2.15. The lowest BCUT2D eigenvalue weighted by atomic mass is 10.1. The summed E-state index contributed by atoms with van der Waals surface area (Å²) in [5.41, 5.74) is 0.258. The molecule has 10 heteroatoms. The number of fused-ring (bicyclic) bond motifs is 1. The molecule has 0 radical (unpaired) electrons. The van der Waals surface area contributed by atoms with Crippen LogP contribution in [0.15, 0.2) is 58.1 Å². The van der Waals surface area contributed by atoms with Gasteiger partial charge in [-0.2, -0.15) is 13.2 Å². The first kappa shape index (κ1) is 19.4. The predicted octanol–water partition coefficient (Wildman–Crippen LogP) is 1.89. The molecular formula is C18H14F3N3O4. The van der Waals surface area contributed by atoms with E-state index in [0.29, 0.717) is 5.56 Å². The molecule has 0 bridgehead atoms. The van der Waals surface area contributed by atoms with Crippen LogP contribution in [0.4, 0.5) is 13.2 Å². The van der Waals surface area contributed by atoms with E-state index in [9.17, 15) is 27.6 Å². The minimum atomic E-state index is -4.73. The van der Waals surface area contributed by atoms with Crippen molar-refractivity contribution in [3.8, 4) is 0 Å². The normalized spacial score (nSPS) is 11.6. The topological polar surface area (TPSA) is 93.3 Å². The molecule has 0 spiro atoms. The van der Waals surface area contributed by atoms with E-state index in [1.165, 1.54) is 47.9 Å². The number of amides is 1. The molecule has 1 aromatic heterocycles. The number of hydrogen-bond acceptors (Lipinski definition) is 4. The Labute approximate surface area is 155 Å². The standard InChI is InChI=1S/C18H14F3N3O4/c19-18(20,21)10-24-16(26)13-3-1-2-4-14(13)23(17(24)27)9-11-5-7-12(8-6-11)15(25)22-28/h1-8,28H,9-10H2,(H,22,25). The number of para-hydroxylation sites is 1. The third-order valence-electron chi connectivity index (χ3n) is 4.13. The number of carbonyl (C=O) groups excluding carboxylic acids is 1. The van der Waals surface area contributed by atoms with Crippen molar-refractivity contribution < 1.29 is 23.2 Å². The minimum Gasteiger partial charge on any atom is -0.289 e. The van der Waals surface area contributed by atoms with Gasteiger partial charge in [0.25, 0.3) is 11.5 Å². The first-order chi connectivity index (χ1) is 13.2. The summed E-state index contributed by atoms with van der Waals surface area (Å²) in [6.45, 7) is -1.80. The minimum absolute atomic E-state index is 0.0115. The van der Waals surface area contributed by atoms with E-state index in [1.54, 1.807) is 6.07 Å². The van der Waals surface area contributed by atoms with Crippen LogP contribution in [0.25, 0.3) is 10.9 Å². The van der Waals surface area contributed by atoms with Gasteiger partial charge in [0.1, 0.15) is 6.54 Å². The molecule has 3 rings (SSSR count). The fourth-order valence-electron chi connectivity index (χ4n) is 2.85.